The molecule has 0 aliphatic heterocycles. The minimum Gasteiger partial charge on any atom is -0.374 e. The highest BCUT2D eigenvalue weighted by Gasteiger charge is 2.50. The van der Waals surface area contributed by atoms with Crippen LogP contribution in [0.5, 0.6) is 0 Å². The summed E-state index contributed by atoms with van der Waals surface area (Å²) in [6.45, 7) is 11.0. The minimum atomic E-state index is 0.199. The molecule has 0 spiro atoms. The van der Waals surface area contributed by atoms with Crippen LogP contribution in [0.1, 0.15) is 47.5 Å². The Bertz CT molecular complexity index is 193. The number of ether oxygens (including phenoxy) is 1. The molecule has 1 nitrogen and oxygen atoms in total. The lowest BCUT2D eigenvalue weighted by molar-refractivity contribution is -0.139. The highest BCUT2D eigenvalue weighted by atomic mass is 35.5. The Kier molecular flexibility index (Phi) is 3.87. The van der Waals surface area contributed by atoms with E-state index in [1.165, 1.54) is 0 Å². The van der Waals surface area contributed by atoms with Crippen LogP contribution in [0.4, 0.5) is 0 Å². The van der Waals surface area contributed by atoms with Crippen molar-refractivity contribution >= 4 is 11.6 Å². The lowest BCUT2D eigenvalue weighted by Crippen LogP contribution is -2.54. The fourth-order valence-electron chi connectivity index (χ4n) is 1.84. The van der Waals surface area contributed by atoms with E-state index in [9.17, 15) is 0 Å². The number of rotatable bonds is 4. The molecule has 0 radical (unpaired) electrons. The Morgan fingerprint density at radius 1 is 1.43 bits per heavy atom. The molecular weight excluding hydrogens is 196 g/mol. The predicted octanol–water partition coefficient (Wildman–Crippen LogP) is 3.84. The van der Waals surface area contributed by atoms with Crippen molar-refractivity contribution in [3.63, 3.8) is 0 Å². The van der Waals surface area contributed by atoms with Crippen molar-refractivity contribution in [2.24, 2.45) is 11.3 Å². The van der Waals surface area contributed by atoms with E-state index in [0.717, 1.165) is 12.8 Å². The molecule has 0 aromatic rings. The second-order valence-electron chi connectivity index (χ2n) is 5.14. The molecular formula is C12H23ClO. The summed E-state index contributed by atoms with van der Waals surface area (Å²) in [4.78, 5) is 0. The van der Waals surface area contributed by atoms with Crippen molar-refractivity contribution in [3.8, 4) is 0 Å². The van der Waals surface area contributed by atoms with Gasteiger partial charge in [0.25, 0.3) is 0 Å². The van der Waals surface area contributed by atoms with Gasteiger partial charge in [0, 0.05) is 10.8 Å². The van der Waals surface area contributed by atoms with Crippen molar-refractivity contribution in [3.05, 3.63) is 0 Å². The molecule has 0 aromatic carbocycles. The second-order valence-corrected chi connectivity index (χ2v) is 5.66. The van der Waals surface area contributed by atoms with Crippen molar-refractivity contribution in [2.45, 2.75) is 65.0 Å². The van der Waals surface area contributed by atoms with Gasteiger partial charge in [-0.2, -0.15) is 0 Å². The lowest BCUT2D eigenvalue weighted by Gasteiger charge is -2.51. The first-order valence-electron chi connectivity index (χ1n) is 5.71. The third-order valence-electron chi connectivity index (χ3n) is 3.95. The normalized spacial score (nSPS) is 39.6. The van der Waals surface area contributed by atoms with Crippen LogP contribution >= 0.6 is 11.6 Å². The molecule has 0 heterocycles. The summed E-state index contributed by atoms with van der Waals surface area (Å²) in [5.74, 6) is 0.588. The fourth-order valence-corrected chi connectivity index (χ4v) is 2.30. The van der Waals surface area contributed by atoms with E-state index in [4.69, 9.17) is 16.3 Å². The summed E-state index contributed by atoms with van der Waals surface area (Å²) in [5, 5.41) is 0.303. The van der Waals surface area contributed by atoms with Crippen LogP contribution in [-0.4, -0.2) is 17.6 Å². The monoisotopic (exact) mass is 218 g/mol. The lowest BCUT2D eigenvalue weighted by atomic mass is 9.65. The van der Waals surface area contributed by atoms with E-state index in [1.54, 1.807) is 0 Å². The van der Waals surface area contributed by atoms with Crippen LogP contribution in [0.15, 0.2) is 0 Å². The Balaban J connectivity index is 2.48. The quantitative estimate of drug-likeness (QED) is 0.652. The number of hydrogen-bond acceptors (Lipinski definition) is 1. The van der Waals surface area contributed by atoms with Gasteiger partial charge in [-0.05, 0) is 25.7 Å². The van der Waals surface area contributed by atoms with Gasteiger partial charge in [-0.15, -0.1) is 11.6 Å². The van der Waals surface area contributed by atoms with Gasteiger partial charge in [0.05, 0.1) is 12.2 Å². The zero-order valence-corrected chi connectivity index (χ0v) is 10.8. The fraction of sp³-hybridized carbons (Fsp3) is 1.00. The first-order valence-corrected chi connectivity index (χ1v) is 6.15. The van der Waals surface area contributed by atoms with Gasteiger partial charge in [-0.25, -0.2) is 0 Å². The number of halogens is 1. The summed E-state index contributed by atoms with van der Waals surface area (Å²) in [6.07, 6.45) is 2.84. The molecule has 1 rings (SSSR count). The van der Waals surface area contributed by atoms with E-state index in [-0.39, 0.29) is 5.41 Å². The predicted molar refractivity (Wildman–Crippen MR) is 61.8 cm³/mol. The zero-order chi connectivity index (χ0) is 10.9. The highest BCUT2D eigenvalue weighted by molar-refractivity contribution is 6.21. The van der Waals surface area contributed by atoms with Crippen LogP contribution in [0, 0.1) is 11.3 Å². The van der Waals surface area contributed by atoms with Crippen molar-refractivity contribution in [2.75, 3.05) is 0 Å². The smallest absolute Gasteiger partial charge is 0.0660 e. The molecule has 2 heteroatoms. The average molecular weight is 219 g/mol. The molecule has 1 saturated carbocycles. The summed E-state index contributed by atoms with van der Waals surface area (Å²) in [7, 11) is 0. The molecule has 1 fully saturated rings. The van der Waals surface area contributed by atoms with E-state index in [2.05, 4.69) is 34.6 Å². The summed E-state index contributed by atoms with van der Waals surface area (Å²) in [6, 6.07) is 0. The van der Waals surface area contributed by atoms with Gasteiger partial charge < -0.3 is 4.74 Å². The largest absolute Gasteiger partial charge is 0.374 e. The molecule has 0 bridgehead atoms. The molecule has 0 N–H and O–H groups in total. The summed E-state index contributed by atoms with van der Waals surface area (Å²) in [5.41, 5.74) is 0.199. The van der Waals surface area contributed by atoms with Crippen molar-refractivity contribution < 1.29 is 4.74 Å². The molecule has 4 unspecified atom stereocenters. The molecule has 1 aliphatic rings. The minimum absolute atomic E-state index is 0.199. The van der Waals surface area contributed by atoms with Crippen LogP contribution in [0.3, 0.4) is 0 Å². The zero-order valence-electron chi connectivity index (χ0n) is 10.0. The number of alkyl halides is 1. The second kappa shape index (κ2) is 4.40. The standard InChI is InChI=1S/C12H23ClO/c1-6-12(5)10(13)7-11(12)14-9(4)8(2)3/h8-11H,6-7H2,1-5H3. The third-order valence-corrected chi connectivity index (χ3v) is 4.63. The molecule has 4 atom stereocenters. The maximum Gasteiger partial charge on any atom is 0.0660 e. The first kappa shape index (κ1) is 12.3. The van der Waals surface area contributed by atoms with Gasteiger partial charge in [-0.1, -0.05) is 27.7 Å². The molecule has 14 heavy (non-hydrogen) atoms. The van der Waals surface area contributed by atoms with Crippen molar-refractivity contribution in [1.29, 1.82) is 0 Å². The first-order chi connectivity index (χ1) is 6.41. The highest BCUT2D eigenvalue weighted by Crippen LogP contribution is 2.49. The van der Waals surface area contributed by atoms with E-state index in [0.29, 0.717) is 23.5 Å². The Morgan fingerprint density at radius 2 is 2.00 bits per heavy atom. The molecule has 0 amide bonds. The Morgan fingerprint density at radius 3 is 2.36 bits per heavy atom. The van der Waals surface area contributed by atoms with Gasteiger partial charge >= 0.3 is 0 Å². The molecule has 84 valence electrons. The summed E-state index contributed by atoms with van der Waals surface area (Å²) < 4.78 is 6.04. The topological polar surface area (TPSA) is 9.23 Å². The Labute approximate surface area is 93.2 Å². The van der Waals surface area contributed by atoms with E-state index >= 15 is 0 Å². The van der Waals surface area contributed by atoms with Crippen LogP contribution < -0.4 is 0 Å². The SMILES string of the molecule is CCC1(C)C(Cl)CC1OC(C)C(C)C. The molecule has 1 aliphatic carbocycles. The van der Waals surface area contributed by atoms with E-state index < -0.39 is 0 Å². The number of hydrogen-bond donors (Lipinski definition) is 0. The third kappa shape index (κ3) is 2.09. The van der Waals surface area contributed by atoms with Gasteiger partial charge in [-0.3, -0.25) is 0 Å². The average Bonchev–Trinajstić information content (AvgIpc) is 2.15. The summed E-state index contributed by atoms with van der Waals surface area (Å²) >= 11 is 6.23. The van der Waals surface area contributed by atoms with Gasteiger partial charge in [0.2, 0.25) is 0 Å². The molecule has 0 aromatic heterocycles. The maximum atomic E-state index is 6.23. The van der Waals surface area contributed by atoms with Gasteiger partial charge in [0.15, 0.2) is 0 Å². The van der Waals surface area contributed by atoms with Crippen LogP contribution in [-0.2, 0) is 4.74 Å². The van der Waals surface area contributed by atoms with E-state index in [1.807, 2.05) is 0 Å². The molecule has 0 saturated heterocycles. The van der Waals surface area contributed by atoms with Crippen molar-refractivity contribution in [1.82, 2.24) is 0 Å². The van der Waals surface area contributed by atoms with Gasteiger partial charge in [0.1, 0.15) is 0 Å². The maximum absolute atomic E-state index is 6.23. The Hall–Kier alpha value is 0.250. The van der Waals surface area contributed by atoms with Crippen LogP contribution in [0.2, 0.25) is 0 Å². The van der Waals surface area contributed by atoms with Crippen LogP contribution in [0.25, 0.3) is 0 Å².